The number of fused-ring (bicyclic) bond motifs is 1. The van der Waals surface area contributed by atoms with E-state index in [4.69, 9.17) is 18.9 Å². The van der Waals surface area contributed by atoms with Gasteiger partial charge in [-0.15, -0.1) is 0 Å². The number of hydrogen-bond donors (Lipinski definition) is 0. The highest BCUT2D eigenvalue weighted by Gasteiger charge is 2.41. The van der Waals surface area contributed by atoms with Gasteiger partial charge >= 0.3 is 5.97 Å². The summed E-state index contributed by atoms with van der Waals surface area (Å²) in [4.78, 5) is 37.8. The van der Waals surface area contributed by atoms with Gasteiger partial charge in [0.05, 0.1) is 18.6 Å². The molecule has 1 aromatic carbocycles. The summed E-state index contributed by atoms with van der Waals surface area (Å²) in [5, 5.41) is -0.526. The Labute approximate surface area is 154 Å². The van der Waals surface area contributed by atoms with Gasteiger partial charge in [-0.2, -0.15) is 0 Å². The zero-order chi connectivity index (χ0) is 18.8. The van der Waals surface area contributed by atoms with Crippen LogP contribution in [0.15, 0.2) is 17.0 Å². The molecule has 2 aliphatic rings. The second-order valence-corrected chi connectivity index (χ2v) is 6.42. The van der Waals surface area contributed by atoms with E-state index in [1.807, 2.05) is 0 Å². The van der Waals surface area contributed by atoms with Crippen molar-refractivity contribution in [3.63, 3.8) is 0 Å². The largest absolute Gasteiger partial charge is 0.496 e. The van der Waals surface area contributed by atoms with Crippen molar-refractivity contribution >= 4 is 35.0 Å². The third kappa shape index (κ3) is 3.22. The number of methoxy groups -OCH3 is 1. The first kappa shape index (κ1) is 18.1. The van der Waals surface area contributed by atoms with E-state index in [-0.39, 0.29) is 18.3 Å². The maximum Gasteiger partial charge on any atom is 0.329 e. The Balaban J connectivity index is 1.90. The van der Waals surface area contributed by atoms with Crippen LogP contribution in [0.1, 0.15) is 19.4 Å². The predicted molar refractivity (Wildman–Crippen MR) is 93.0 cm³/mol. The molecule has 3 rings (SSSR count). The van der Waals surface area contributed by atoms with Crippen LogP contribution in [0.25, 0.3) is 6.08 Å². The molecule has 0 aliphatic carbocycles. The summed E-state index contributed by atoms with van der Waals surface area (Å²) in [6.45, 7) is 3.39. The Hall–Kier alpha value is -2.68. The Morgan fingerprint density at radius 3 is 2.69 bits per heavy atom. The summed E-state index contributed by atoms with van der Waals surface area (Å²) in [7, 11) is 1.49. The van der Waals surface area contributed by atoms with Crippen molar-refractivity contribution < 1.29 is 33.3 Å². The number of rotatable bonds is 5. The summed E-state index contributed by atoms with van der Waals surface area (Å²) in [6, 6.07) is 2.33. The van der Waals surface area contributed by atoms with Crippen LogP contribution in [0.2, 0.25) is 0 Å². The van der Waals surface area contributed by atoms with Crippen molar-refractivity contribution in [2.45, 2.75) is 19.9 Å². The molecular weight excluding hydrogens is 362 g/mol. The number of amides is 2. The fourth-order valence-corrected chi connectivity index (χ4v) is 3.45. The van der Waals surface area contributed by atoms with Crippen LogP contribution >= 0.6 is 11.8 Å². The van der Waals surface area contributed by atoms with Crippen LogP contribution in [0.4, 0.5) is 4.79 Å². The van der Waals surface area contributed by atoms with Crippen molar-refractivity contribution in [2.75, 3.05) is 20.5 Å². The average Bonchev–Trinajstić information content (AvgIpc) is 3.17. The van der Waals surface area contributed by atoms with Gasteiger partial charge in [0.1, 0.15) is 11.8 Å². The molecule has 0 unspecified atom stereocenters. The normalized spacial score (nSPS) is 18.4. The first-order valence-corrected chi connectivity index (χ1v) is 8.69. The Kier molecular flexibility index (Phi) is 5.08. The zero-order valence-electron chi connectivity index (χ0n) is 14.4. The molecule has 0 radical (unpaired) electrons. The number of nitrogens with zero attached hydrogens (tertiary/aromatic N) is 1. The topological polar surface area (TPSA) is 91.4 Å². The second-order valence-electron chi connectivity index (χ2n) is 5.43. The summed E-state index contributed by atoms with van der Waals surface area (Å²) in [5.74, 6) is 0.357. The van der Waals surface area contributed by atoms with Gasteiger partial charge in [0.25, 0.3) is 11.1 Å². The van der Waals surface area contributed by atoms with E-state index in [1.165, 1.54) is 20.1 Å². The molecule has 2 heterocycles. The lowest BCUT2D eigenvalue weighted by atomic mass is 10.1. The Bertz CT molecular complexity index is 805. The van der Waals surface area contributed by atoms with Crippen LogP contribution in [0.3, 0.4) is 0 Å². The Morgan fingerprint density at radius 2 is 2.04 bits per heavy atom. The van der Waals surface area contributed by atoms with Gasteiger partial charge in [-0.25, -0.2) is 4.79 Å². The minimum atomic E-state index is -0.994. The van der Waals surface area contributed by atoms with Gasteiger partial charge in [0.2, 0.25) is 6.79 Å². The smallest absolute Gasteiger partial charge is 0.329 e. The maximum absolute atomic E-state index is 12.6. The molecular formula is C17H17NO7S. The standard InChI is InChI=1S/C17H17NO7S/c1-4-23-16(20)9(2)18-15(19)14(26-17(18)21)6-10-5-12-13(25-8-24-12)7-11(10)22-3/h5-7,9H,4,8H2,1-3H3/b14-6+/t9-/m1/s1. The van der Waals surface area contributed by atoms with Crippen LogP contribution in [-0.4, -0.2) is 48.6 Å². The fraction of sp³-hybridized carbons (Fsp3) is 0.353. The highest BCUT2D eigenvalue weighted by Crippen LogP contribution is 2.41. The lowest BCUT2D eigenvalue weighted by molar-refractivity contribution is -0.150. The summed E-state index contributed by atoms with van der Waals surface area (Å²) < 4.78 is 20.8. The van der Waals surface area contributed by atoms with Gasteiger partial charge in [-0.1, -0.05) is 0 Å². The van der Waals surface area contributed by atoms with E-state index in [2.05, 4.69) is 0 Å². The molecule has 1 saturated heterocycles. The van der Waals surface area contributed by atoms with Crippen LogP contribution in [-0.2, 0) is 14.3 Å². The molecule has 0 aromatic heterocycles. The molecule has 138 valence electrons. The lowest BCUT2D eigenvalue weighted by Crippen LogP contribution is -2.42. The second kappa shape index (κ2) is 7.28. The molecule has 1 atom stereocenters. The number of esters is 1. The monoisotopic (exact) mass is 379 g/mol. The van der Waals surface area contributed by atoms with E-state index < -0.39 is 23.2 Å². The minimum Gasteiger partial charge on any atom is -0.496 e. The SMILES string of the molecule is CCOC(=O)[C@@H](C)N1C(=O)S/C(=C/c2cc3c(cc2OC)OCO3)C1=O. The van der Waals surface area contributed by atoms with Crippen LogP contribution in [0, 0.1) is 0 Å². The highest BCUT2D eigenvalue weighted by atomic mass is 32.2. The number of benzene rings is 1. The van der Waals surface area contributed by atoms with Gasteiger partial charge in [-0.3, -0.25) is 14.5 Å². The molecule has 0 saturated carbocycles. The number of ether oxygens (including phenoxy) is 4. The molecule has 8 nitrogen and oxygen atoms in total. The molecule has 2 amide bonds. The minimum absolute atomic E-state index is 0.107. The molecule has 0 spiro atoms. The third-order valence-corrected chi connectivity index (χ3v) is 4.73. The molecule has 1 fully saturated rings. The number of hydrogen-bond acceptors (Lipinski definition) is 8. The number of carbonyl (C=O) groups is 3. The van der Waals surface area contributed by atoms with Crippen molar-refractivity contribution in [1.82, 2.24) is 4.90 Å². The summed E-state index contributed by atoms with van der Waals surface area (Å²) in [6.07, 6.45) is 1.53. The first-order valence-electron chi connectivity index (χ1n) is 7.87. The van der Waals surface area contributed by atoms with Gasteiger partial charge in [0.15, 0.2) is 11.5 Å². The Morgan fingerprint density at radius 1 is 1.35 bits per heavy atom. The number of carbonyl (C=O) groups excluding carboxylic acids is 3. The van der Waals surface area contributed by atoms with E-state index in [1.54, 1.807) is 19.1 Å². The maximum atomic E-state index is 12.6. The average molecular weight is 379 g/mol. The van der Waals surface area contributed by atoms with Crippen LogP contribution < -0.4 is 14.2 Å². The molecule has 26 heavy (non-hydrogen) atoms. The van der Waals surface area contributed by atoms with Crippen molar-refractivity contribution in [3.05, 3.63) is 22.6 Å². The van der Waals surface area contributed by atoms with E-state index in [0.717, 1.165) is 16.7 Å². The molecule has 0 N–H and O–H groups in total. The third-order valence-electron chi connectivity index (χ3n) is 3.85. The van der Waals surface area contributed by atoms with E-state index in [0.29, 0.717) is 22.8 Å². The van der Waals surface area contributed by atoms with Crippen molar-refractivity contribution in [2.24, 2.45) is 0 Å². The van der Waals surface area contributed by atoms with Gasteiger partial charge in [-0.05, 0) is 37.8 Å². The van der Waals surface area contributed by atoms with Gasteiger partial charge in [0, 0.05) is 11.6 Å². The lowest BCUT2D eigenvalue weighted by Gasteiger charge is -2.19. The zero-order valence-corrected chi connectivity index (χ0v) is 15.3. The summed E-state index contributed by atoms with van der Waals surface area (Å²) >= 11 is 0.756. The van der Waals surface area contributed by atoms with E-state index in [9.17, 15) is 14.4 Å². The number of imide groups is 1. The summed E-state index contributed by atoms with van der Waals surface area (Å²) in [5.41, 5.74) is 0.561. The van der Waals surface area contributed by atoms with Gasteiger partial charge < -0.3 is 18.9 Å². The number of thioether (sulfide) groups is 1. The molecule has 2 aliphatic heterocycles. The highest BCUT2D eigenvalue weighted by molar-refractivity contribution is 8.18. The van der Waals surface area contributed by atoms with Crippen molar-refractivity contribution in [3.8, 4) is 17.2 Å². The molecule has 9 heteroatoms. The first-order chi connectivity index (χ1) is 12.5. The van der Waals surface area contributed by atoms with Crippen molar-refractivity contribution in [1.29, 1.82) is 0 Å². The quantitative estimate of drug-likeness (QED) is 0.569. The van der Waals surface area contributed by atoms with Crippen LogP contribution in [0.5, 0.6) is 17.2 Å². The molecule has 0 bridgehead atoms. The fourth-order valence-electron chi connectivity index (χ4n) is 2.55. The predicted octanol–water partition coefficient (Wildman–Crippen LogP) is 2.41. The van der Waals surface area contributed by atoms with E-state index >= 15 is 0 Å². The molecule has 1 aromatic rings.